The quantitative estimate of drug-likeness (QED) is 0.830. The van der Waals surface area contributed by atoms with E-state index in [1.165, 1.54) is 18.4 Å². The maximum atomic E-state index is 6.51. The van der Waals surface area contributed by atoms with Gasteiger partial charge in [0, 0.05) is 11.6 Å². The number of likely N-dealkylation sites (N-methyl/N-ethyl adjacent to an activating group) is 1. The summed E-state index contributed by atoms with van der Waals surface area (Å²) in [7, 11) is 0. The molecule has 0 aromatic heterocycles. The van der Waals surface area contributed by atoms with Gasteiger partial charge in [-0.2, -0.15) is 0 Å². The third-order valence-electron chi connectivity index (χ3n) is 4.41. The predicted octanol–water partition coefficient (Wildman–Crippen LogP) is 3.35. The normalized spacial score (nSPS) is 17.3. The molecule has 20 heavy (non-hydrogen) atoms. The second-order valence-corrected chi connectivity index (χ2v) is 6.19. The molecule has 0 saturated heterocycles. The van der Waals surface area contributed by atoms with Crippen LogP contribution in [0.25, 0.3) is 0 Å². The van der Waals surface area contributed by atoms with Crippen LogP contribution < -0.4 is 10.5 Å². The van der Waals surface area contributed by atoms with E-state index in [2.05, 4.69) is 44.7 Å². The Bertz CT molecular complexity index is 419. The molecule has 1 fully saturated rings. The average Bonchev–Trinajstić information content (AvgIpc) is 3.24. The van der Waals surface area contributed by atoms with Crippen molar-refractivity contribution < 1.29 is 4.74 Å². The summed E-state index contributed by atoms with van der Waals surface area (Å²) >= 11 is 0. The number of ether oxygens (including phenoxy) is 1. The lowest BCUT2D eigenvalue weighted by atomic mass is 9.87. The van der Waals surface area contributed by atoms with Crippen molar-refractivity contribution in [3.05, 3.63) is 29.8 Å². The van der Waals surface area contributed by atoms with Crippen LogP contribution in [0.5, 0.6) is 5.75 Å². The topological polar surface area (TPSA) is 38.5 Å². The van der Waals surface area contributed by atoms with E-state index >= 15 is 0 Å². The van der Waals surface area contributed by atoms with Crippen LogP contribution in [0.15, 0.2) is 24.3 Å². The Hall–Kier alpha value is -1.06. The van der Waals surface area contributed by atoms with E-state index in [9.17, 15) is 0 Å². The Morgan fingerprint density at radius 3 is 2.20 bits per heavy atom. The number of nitrogens with two attached hydrogens (primary N) is 1. The van der Waals surface area contributed by atoms with Gasteiger partial charge in [-0.05, 0) is 57.5 Å². The van der Waals surface area contributed by atoms with Crippen LogP contribution in [0.4, 0.5) is 0 Å². The molecule has 1 aliphatic carbocycles. The second kappa shape index (κ2) is 6.15. The molecular weight excluding hydrogens is 248 g/mol. The molecule has 2 N–H and O–H groups in total. The highest BCUT2D eigenvalue weighted by Gasteiger charge is 2.32. The van der Waals surface area contributed by atoms with Gasteiger partial charge in [0.1, 0.15) is 5.75 Å². The van der Waals surface area contributed by atoms with Crippen LogP contribution in [0.1, 0.15) is 52.1 Å². The van der Waals surface area contributed by atoms with Crippen molar-refractivity contribution in [3.8, 4) is 5.75 Å². The molecule has 2 rings (SSSR count). The molecule has 0 radical (unpaired) electrons. The fourth-order valence-corrected chi connectivity index (χ4v) is 2.78. The Morgan fingerprint density at radius 2 is 1.75 bits per heavy atom. The third-order valence-corrected chi connectivity index (χ3v) is 4.41. The van der Waals surface area contributed by atoms with Gasteiger partial charge in [0.25, 0.3) is 0 Å². The molecule has 1 aromatic carbocycles. The Labute approximate surface area is 123 Å². The molecule has 1 atom stereocenters. The van der Waals surface area contributed by atoms with Gasteiger partial charge in [-0.1, -0.05) is 26.0 Å². The number of rotatable bonds is 7. The Kier molecular flexibility index (Phi) is 4.71. The summed E-state index contributed by atoms with van der Waals surface area (Å²) in [6.07, 6.45) is 2.83. The van der Waals surface area contributed by atoms with E-state index in [1.807, 2.05) is 12.1 Å². The minimum atomic E-state index is -0.0532. The summed E-state index contributed by atoms with van der Waals surface area (Å²) in [4.78, 5) is 2.41. The van der Waals surface area contributed by atoms with E-state index in [1.54, 1.807) is 0 Å². The SMILES string of the molecule is CCN(CC)C(C)(C)C(N)c1ccc(OC2CC2)cc1. The van der Waals surface area contributed by atoms with Gasteiger partial charge in [-0.15, -0.1) is 0 Å². The lowest BCUT2D eigenvalue weighted by Crippen LogP contribution is -2.51. The lowest BCUT2D eigenvalue weighted by Gasteiger charge is -2.42. The van der Waals surface area contributed by atoms with E-state index in [0.717, 1.165) is 18.8 Å². The molecule has 112 valence electrons. The van der Waals surface area contributed by atoms with Crippen molar-refractivity contribution >= 4 is 0 Å². The number of nitrogens with zero attached hydrogens (tertiary/aromatic N) is 1. The van der Waals surface area contributed by atoms with E-state index < -0.39 is 0 Å². The van der Waals surface area contributed by atoms with Gasteiger partial charge in [0.05, 0.1) is 6.10 Å². The first-order valence-electron chi connectivity index (χ1n) is 7.76. The minimum Gasteiger partial charge on any atom is -0.490 e. The molecule has 0 amide bonds. The van der Waals surface area contributed by atoms with Crippen molar-refractivity contribution in [2.45, 2.75) is 58.2 Å². The highest BCUT2D eigenvalue weighted by molar-refractivity contribution is 5.31. The highest BCUT2D eigenvalue weighted by atomic mass is 16.5. The maximum absolute atomic E-state index is 6.51. The molecule has 0 aliphatic heterocycles. The van der Waals surface area contributed by atoms with Gasteiger partial charge in [0.15, 0.2) is 0 Å². The second-order valence-electron chi connectivity index (χ2n) is 6.19. The van der Waals surface area contributed by atoms with E-state index in [0.29, 0.717) is 6.10 Å². The van der Waals surface area contributed by atoms with Crippen LogP contribution in [0.3, 0.4) is 0 Å². The number of benzene rings is 1. The smallest absolute Gasteiger partial charge is 0.119 e. The maximum Gasteiger partial charge on any atom is 0.119 e. The molecule has 1 unspecified atom stereocenters. The Balaban J connectivity index is 2.08. The first kappa shape index (κ1) is 15.3. The molecule has 0 heterocycles. The molecule has 1 aromatic rings. The molecule has 0 spiro atoms. The van der Waals surface area contributed by atoms with Crippen molar-refractivity contribution in [2.24, 2.45) is 5.73 Å². The van der Waals surface area contributed by atoms with Crippen LogP contribution in [-0.4, -0.2) is 29.6 Å². The van der Waals surface area contributed by atoms with Crippen molar-refractivity contribution in [1.29, 1.82) is 0 Å². The summed E-state index contributed by atoms with van der Waals surface area (Å²) < 4.78 is 5.78. The zero-order valence-corrected chi connectivity index (χ0v) is 13.2. The molecular formula is C17H28N2O. The summed E-state index contributed by atoms with van der Waals surface area (Å²) in [5.74, 6) is 0.962. The zero-order chi connectivity index (χ0) is 14.8. The van der Waals surface area contributed by atoms with Crippen LogP contribution in [0, 0.1) is 0 Å². The first-order chi connectivity index (χ1) is 9.48. The third kappa shape index (κ3) is 3.33. The van der Waals surface area contributed by atoms with Crippen LogP contribution in [0.2, 0.25) is 0 Å². The highest BCUT2D eigenvalue weighted by Crippen LogP contribution is 2.31. The van der Waals surface area contributed by atoms with E-state index in [-0.39, 0.29) is 11.6 Å². The lowest BCUT2D eigenvalue weighted by molar-refractivity contribution is 0.107. The fraction of sp³-hybridized carbons (Fsp3) is 0.647. The van der Waals surface area contributed by atoms with Gasteiger partial charge in [0.2, 0.25) is 0 Å². The van der Waals surface area contributed by atoms with Gasteiger partial charge in [-0.3, -0.25) is 4.90 Å². The Morgan fingerprint density at radius 1 is 1.20 bits per heavy atom. The van der Waals surface area contributed by atoms with Crippen LogP contribution >= 0.6 is 0 Å². The molecule has 1 aliphatic rings. The van der Waals surface area contributed by atoms with Crippen molar-refractivity contribution in [2.75, 3.05) is 13.1 Å². The van der Waals surface area contributed by atoms with Crippen LogP contribution in [-0.2, 0) is 0 Å². The summed E-state index contributed by atoms with van der Waals surface area (Å²) in [5, 5.41) is 0. The zero-order valence-electron chi connectivity index (χ0n) is 13.2. The minimum absolute atomic E-state index is 0.00243. The fourth-order valence-electron chi connectivity index (χ4n) is 2.78. The standard InChI is InChI=1S/C17H28N2O/c1-5-19(6-2)17(3,4)16(18)13-7-9-14(10-8-13)20-15-11-12-15/h7-10,15-16H,5-6,11-12,18H2,1-4H3. The van der Waals surface area contributed by atoms with Gasteiger partial charge >= 0.3 is 0 Å². The first-order valence-corrected chi connectivity index (χ1v) is 7.76. The largest absolute Gasteiger partial charge is 0.490 e. The molecule has 0 bridgehead atoms. The van der Waals surface area contributed by atoms with E-state index in [4.69, 9.17) is 10.5 Å². The predicted molar refractivity (Wildman–Crippen MR) is 84.0 cm³/mol. The summed E-state index contributed by atoms with van der Waals surface area (Å²) in [5.41, 5.74) is 7.62. The van der Waals surface area contributed by atoms with Crippen molar-refractivity contribution in [3.63, 3.8) is 0 Å². The van der Waals surface area contributed by atoms with Gasteiger partial charge < -0.3 is 10.5 Å². The summed E-state index contributed by atoms with van der Waals surface area (Å²) in [6, 6.07) is 8.30. The number of hydrogen-bond acceptors (Lipinski definition) is 3. The van der Waals surface area contributed by atoms with Crippen molar-refractivity contribution in [1.82, 2.24) is 4.90 Å². The molecule has 3 nitrogen and oxygen atoms in total. The molecule has 1 saturated carbocycles. The summed E-state index contributed by atoms with van der Waals surface area (Å²) in [6.45, 7) is 10.8. The average molecular weight is 276 g/mol. The number of hydrogen-bond donors (Lipinski definition) is 1. The van der Waals surface area contributed by atoms with Gasteiger partial charge in [-0.25, -0.2) is 0 Å². The monoisotopic (exact) mass is 276 g/mol. The molecule has 3 heteroatoms.